The van der Waals surface area contributed by atoms with E-state index in [9.17, 15) is 5.11 Å². The number of benzene rings is 3. The Kier molecular flexibility index (Phi) is 3.49. The summed E-state index contributed by atoms with van der Waals surface area (Å²) in [6, 6.07) is 19.9. The van der Waals surface area contributed by atoms with Gasteiger partial charge in [-0.15, -0.1) is 0 Å². The molecule has 0 bridgehead atoms. The van der Waals surface area contributed by atoms with Crippen molar-refractivity contribution < 1.29 is 5.11 Å². The average Bonchev–Trinajstić information content (AvgIpc) is 2.43. The van der Waals surface area contributed by atoms with Crippen molar-refractivity contribution in [1.29, 1.82) is 0 Å². The molecule has 0 aliphatic carbocycles. The number of fused-ring (bicyclic) bond motifs is 1. The molecule has 0 radical (unpaired) electrons. The van der Waals surface area contributed by atoms with Crippen molar-refractivity contribution >= 4 is 38.5 Å². The van der Waals surface area contributed by atoms with Crippen LogP contribution in [0.5, 0.6) is 5.75 Å². The van der Waals surface area contributed by atoms with E-state index in [2.05, 4.69) is 22.0 Å². The zero-order chi connectivity index (χ0) is 13.2. The van der Waals surface area contributed by atoms with Crippen molar-refractivity contribution in [3.63, 3.8) is 0 Å². The summed E-state index contributed by atoms with van der Waals surface area (Å²) in [6.07, 6.45) is 0. The quantitative estimate of drug-likeness (QED) is 0.673. The van der Waals surface area contributed by atoms with Gasteiger partial charge in [0.15, 0.2) is 0 Å². The minimum absolute atomic E-state index is 0.323. The van der Waals surface area contributed by atoms with Crippen molar-refractivity contribution in [3.05, 3.63) is 65.1 Å². The van der Waals surface area contributed by atoms with Gasteiger partial charge in [0.1, 0.15) is 5.75 Å². The van der Waals surface area contributed by atoms with Gasteiger partial charge in [-0.05, 0) is 41.1 Å². The average molecular weight is 331 g/mol. The molecule has 3 heteroatoms. The van der Waals surface area contributed by atoms with Gasteiger partial charge in [-0.2, -0.15) is 0 Å². The molecule has 0 aliphatic heterocycles. The van der Waals surface area contributed by atoms with Crippen LogP contribution in [0.3, 0.4) is 0 Å². The molecule has 3 rings (SSSR count). The third-order valence-electron chi connectivity index (χ3n) is 2.87. The van der Waals surface area contributed by atoms with Crippen LogP contribution < -0.4 is 0 Å². The third kappa shape index (κ3) is 2.62. The molecule has 3 aromatic rings. The number of phenolic OH excluding ortho intramolecular Hbond substituents is 1. The maximum atomic E-state index is 10.1. The van der Waals surface area contributed by atoms with Crippen LogP contribution in [0.4, 0.5) is 0 Å². The van der Waals surface area contributed by atoms with Crippen molar-refractivity contribution in [3.8, 4) is 5.75 Å². The van der Waals surface area contributed by atoms with Crippen molar-refractivity contribution in [1.82, 2.24) is 0 Å². The Morgan fingerprint density at radius 1 is 0.895 bits per heavy atom. The van der Waals surface area contributed by atoms with Crippen LogP contribution in [0.15, 0.2) is 74.9 Å². The smallest absolute Gasteiger partial charge is 0.130 e. The second-order valence-electron chi connectivity index (χ2n) is 4.19. The number of aromatic hydroxyl groups is 1. The first kappa shape index (κ1) is 12.6. The molecule has 0 saturated heterocycles. The van der Waals surface area contributed by atoms with E-state index < -0.39 is 0 Å². The Hall–Kier alpha value is -1.45. The fourth-order valence-electron chi connectivity index (χ4n) is 1.97. The van der Waals surface area contributed by atoms with E-state index in [1.165, 1.54) is 0 Å². The molecule has 0 atom stereocenters. The van der Waals surface area contributed by atoms with Crippen molar-refractivity contribution in [2.75, 3.05) is 0 Å². The van der Waals surface area contributed by atoms with E-state index in [0.717, 1.165) is 25.0 Å². The number of rotatable bonds is 2. The van der Waals surface area contributed by atoms with Gasteiger partial charge < -0.3 is 5.11 Å². The standard InChI is InChI=1S/C16H11BrOS/c17-12-7-8-14-11(10-12)6-9-15(18)16(14)19-13-4-2-1-3-5-13/h1-10,18H. The summed E-state index contributed by atoms with van der Waals surface area (Å²) in [4.78, 5) is 2.02. The van der Waals surface area contributed by atoms with Crippen LogP contribution in [0.2, 0.25) is 0 Å². The Labute approximate surface area is 124 Å². The molecule has 94 valence electrons. The second kappa shape index (κ2) is 5.27. The predicted octanol–water partition coefficient (Wildman–Crippen LogP) is 5.46. The summed E-state index contributed by atoms with van der Waals surface area (Å²) in [6.45, 7) is 0. The largest absolute Gasteiger partial charge is 0.507 e. The Balaban J connectivity index is 2.14. The first-order valence-electron chi connectivity index (χ1n) is 5.88. The molecular formula is C16H11BrOS. The van der Waals surface area contributed by atoms with Crippen LogP contribution in [0.25, 0.3) is 10.8 Å². The Morgan fingerprint density at radius 2 is 1.68 bits per heavy atom. The zero-order valence-electron chi connectivity index (χ0n) is 10.0. The van der Waals surface area contributed by atoms with E-state index in [4.69, 9.17) is 0 Å². The van der Waals surface area contributed by atoms with Crippen LogP contribution >= 0.6 is 27.7 Å². The van der Waals surface area contributed by atoms with E-state index in [1.54, 1.807) is 17.8 Å². The fraction of sp³-hybridized carbons (Fsp3) is 0. The normalized spacial score (nSPS) is 10.8. The maximum Gasteiger partial charge on any atom is 0.130 e. The van der Waals surface area contributed by atoms with Crippen LogP contribution in [-0.2, 0) is 0 Å². The highest BCUT2D eigenvalue weighted by molar-refractivity contribution is 9.10. The lowest BCUT2D eigenvalue weighted by Crippen LogP contribution is -1.80. The summed E-state index contributed by atoms with van der Waals surface area (Å²) in [5.41, 5.74) is 0. The van der Waals surface area contributed by atoms with Gasteiger partial charge in [0, 0.05) is 9.37 Å². The van der Waals surface area contributed by atoms with Gasteiger partial charge in [-0.25, -0.2) is 0 Å². The van der Waals surface area contributed by atoms with E-state index >= 15 is 0 Å². The molecule has 0 spiro atoms. The van der Waals surface area contributed by atoms with Crippen LogP contribution in [0.1, 0.15) is 0 Å². The monoisotopic (exact) mass is 330 g/mol. The highest BCUT2D eigenvalue weighted by atomic mass is 79.9. The summed E-state index contributed by atoms with van der Waals surface area (Å²) in [7, 11) is 0. The molecule has 0 aromatic heterocycles. The highest BCUT2D eigenvalue weighted by Crippen LogP contribution is 2.40. The first-order valence-corrected chi connectivity index (χ1v) is 7.49. The van der Waals surface area contributed by atoms with Crippen molar-refractivity contribution in [2.24, 2.45) is 0 Å². The molecule has 0 aliphatic rings. The Bertz CT molecular complexity index is 725. The number of hydrogen-bond acceptors (Lipinski definition) is 2. The molecule has 0 heterocycles. The molecule has 1 N–H and O–H groups in total. The lowest BCUT2D eigenvalue weighted by Gasteiger charge is -2.09. The zero-order valence-corrected chi connectivity index (χ0v) is 12.4. The molecule has 0 fully saturated rings. The predicted molar refractivity (Wildman–Crippen MR) is 83.9 cm³/mol. The van der Waals surface area contributed by atoms with Gasteiger partial charge >= 0.3 is 0 Å². The third-order valence-corrected chi connectivity index (χ3v) is 4.51. The number of halogens is 1. The first-order chi connectivity index (χ1) is 9.24. The number of phenols is 1. The molecule has 1 nitrogen and oxygen atoms in total. The summed E-state index contributed by atoms with van der Waals surface area (Å²) < 4.78 is 1.04. The second-order valence-corrected chi connectivity index (χ2v) is 6.19. The molecule has 0 unspecified atom stereocenters. The molecule has 19 heavy (non-hydrogen) atoms. The minimum Gasteiger partial charge on any atom is -0.507 e. The topological polar surface area (TPSA) is 20.2 Å². The lowest BCUT2D eigenvalue weighted by atomic mass is 10.1. The van der Waals surface area contributed by atoms with Crippen LogP contribution in [0, 0.1) is 0 Å². The van der Waals surface area contributed by atoms with Gasteiger partial charge in [0.05, 0.1) is 4.90 Å². The van der Waals surface area contributed by atoms with E-state index in [1.807, 2.05) is 48.5 Å². The van der Waals surface area contributed by atoms with Gasteiger partial charge in [0.25, 0.3) is 0 Å². The molecule has 0 saturated carbocycles. The summed E-state index contributed by atoms with van der Waals surface area (Å²) in [5.74, 6) is 0.323. The fourth-order valence-corrected chi connectivity index (χ4v) is 3.35. The van der Waals surface area contributed by atoms with Gasteiger partial charge in [0.2, 0.25) is 0 Å². The maximum absolute atomic E-state index is 10.1. The highest BCUT2D eigenvalue weighted by Gasteiger charge is 2.09. The minimum atomic E-state index is 0.323. The Morgan fingerprint density at radius 3 is 2.47 bits per heavy atom. The van der Waals surface area contributed by atoms with Gasteiger partial charge in [-0.3, -0.25) is 0 Å². The van der Waals surface area contributed by atoms with E-state index in [-0.39, 0.29) is 0 Å². The van der Waals surface area contributed by atoms with Crippen molar-refractivity contribution in [2.45, 2.75) is 9.79 Å². The van der Waals surface area contributed by atoms with E-state index in [0.29, 0.717) is 5.75 Å². The van der Waals surface area contributed by atoms with Gasteiger partial charge in [-0.1, -0.05) is 58.0 Å². The summed E-state index contributed by atoms with van der Waals surface area (Å²) >= 11 is 5.06. The van der Waals surface area contributed by atoms with Crippen LogP contribution in [-0.4, -0.2) is 5.11 Å². The number of hydrogen-bond donors (Lipinski definition) is 1. The SMILES string of the molecule is Oc1ccc2cc(Br)ccc2c1Sc1ccccc1. The summed E-state index contributed by atoms with van der Waals surface area (Å²) in [5, 5.41) is 12.3. The lowest BCUT2D eigenvalue weighted by molar-refractivity contribution is 0.464. The molecule has 0 amide bonds. The molecular weight excluding hydrogens is 320 g/mol. The molecule has 3 aromatic carbocycles.